The van der Waals surface area contributed by atoms with Crippen molar-refractivity contribution in [2.24, 2.45) is 0 Å². The molecule has 0 bridgehead atoms. The molecule has 94 valence electrons. The molecule has 1 N–H and O–H groups in total. The summed E-state index contributed by atoms with van der Waals surface area (Å²) >= 11 is 0. The molecule has 0 amide bonds. The third-order valence-corrected chi connectivity index (χ3v) is 3.69. The molecule has 1 atom stereocenters. The van der Waals surface area contributed by atoms with Crippen LogP contribution in [0.3, 0.4) is 0 Å². The number of fused-ring (bicyclic) bond motifs is 1. The molecule has 0 saturated heterocycles. The molecule has 2 aromatic heterocycles. The molecule has 0 fully saturated rings. The average Bonchev–Trinajstić information content (AvgIpc) is 2.73. The van der Waals surface area contributed by atoms with Gasteiger partial charge in [-0.3, -0.25) is 4.98 Å². The first kappa shape index (κ1) is 11.4. The van der Waals surface area contributed by atoms with Gasteiger partial charge >= 0.3 is 0 Å². The van der Waals surface area contributed by atoms with Crippen LogP contribution in [0.15, 0.2) is 30.7 Å². The molecular formula is C14H18N4. The first-order valence-corrected chi connectivity index (χ1v) is 6.54. The van der Waals surface area contributed by atoms with Gasteiger partial charge in [0, 0.05) is 29.7 Å². The Morgan fingerprint density at radius 3 is 2.89 bits per heavy atom. The second kappa shape index (κ2) is 4.90. The fourth-order valence-corrected chi connectivity index (χ4v) is 2.73. The molecule has 1 aliphatic carbocycles. The van der Waals surface area contributed by atoms with Gasteiger partial charge in [0.05, 0.1) is 11.9 Å². The Kier molecular flexibility index (Phi) is 3.11. The minimum Gasteiger partial charge on any atom is -0.313 e. The van der Waals surface area contributed by atoms with Crippen molar-refractivity contribution in [3.63, 3.8) is 0 Å². The number of nitrogens with zero attached hydrogens (tertiary/aromatic N) is 3. The molecular weight excluding hydrogens is 224 g/mol. The van der Waals surface area contributed by atoms with E-state index in [1.54, 1.807) is 0 Å². The van der Waals surface area contributed by atoms with E-state index in [9.17, 15) is 0 Å². The predicted octanol–water partition coefficient (Wildman–Crippen LogP) is 2.25. The fraction of sp³-hybridized carbons (Fsp3) is 0.429. The van der Waals surface area contributed by atoms with Crippen molar-refractivity contribution in [1.82, 2.24) is 20.1 Å². The number of hydrogen-bond acceptors (Lipinski definition) is 3. The smallest absolute Gasteiger partial charge is 0.0679 e. The monoisotopic (exact) mass is 242 g/mol. The van der Waals surface area contributed by atoms with E-state index in [2.05, 4.69) is 20.1 Å². The summed E-state index contributed by atoms with van der Waals surface area (Å²) in [6.45, 7) is 0. The minimum absolute atomic E-state index is 0.443. The molecule has 4 nitrogen and oxygen atoms in total. The molecule has 4 heteroatoms. The zero-order valence-corrected chi connectivity index (χ0v) is 10.6. The summed E-state index contributed by atoms with van der Waals surface area (Å²) in [6.07, 6.45) is 10.5. The van der Waals surface area contributed by atoms with E-state index in [0.717, 1.165) is 12.1 Å². The lowest BCUT2D eigenvalue weighted by Gasteiger charge is -2.13. The molecule has 0 aliphatic heterocycles. The van der Waals surface area contributed by atoms with Gasteiger partial charge in [-0.15, -0.1) is 0 Å². The second-order valence-electron chi connectivity index (χ2n) is 4.75. The predicted molar refractivity (Wildman–Crippen MR) is 70.7 cm³/mol. The Morgan fingerprint density at radius 2 is 2.11 bits per heavy atom. The molecule has 18 heavy (non-hydrogen) atoms. The summed E-state index contributed by atoms with van der Waals surface area (Å²) in [7, 11) is 2.03. The van der Waals surface area contributed by atoms with Crippen LogP contribution in [0.1, 0.15) is 36.6 Å². The Hall–Kier alpha value is -1.68. The summed E-state index contributed by atoms with van der Waals surface area (Å²) < 4.78 is 2.06. The summed E-state index contributed by atoms with van der Waals surface area (Å²) in [5, 5.41) is 7.96. The number of hydrogen-bond donors (Lipinski definition) is 1. The van der Waals surface area contributed by atoms with E-state index in [0.29, 0.717) is 6.04 Å². The number of rotatable bonds is 2. The van der Waals surface area contributed by atoms with Crippen molar-refractivity contribution in [1.29, 1.82) is 0 Å². The van der Waals surface area contributed by atoms with Gasteiger partial charge in [-0.05, 0) is 38.4 Å². The molecule has 0 saturated carbocycles. The number of nitrogens with one attached hydrogen (secondary N) is 1. The highest BCUT2D eigenvalue weighted by Gasteiger charge is 2.21. The van der Waals surface area contributed by atoms with E-state index in [1.165, 1.54) is 30.5 Å². The van der Waals surface area contributed by atoms with Gasteiger partial charge in [0.15, 0.2) is 0 Å². The van der Waals surface area contributed by atoms with Crippen LogP contribution in [-0.4, -0.2) is 21.8 Å². The maximum Gasteiger partial charge on any atom is 0.0679 e. The van der Waals surface area contributed by atoms with Gasteiger partial charge in [0.2, 0.25) is 0 Å². The largest absolute Gasteiger partial charge is 0.313 e. The van der Waals surface area contributed by atoms with Crippen molar-refractivity contribution in [2.45, 2.75) is 31.7 Å². The van der Waals surface area contributed by atoms with Crippen molar-refractivity contribution in [3.05, 3.63) is 42.0 Å². The van der Waals surface area contributed by atoms with Crippen LogP contribution in [-0.2, 0) is 6.42 Å². The Labute approximate surface area is 107 Å². The Bertz CT molecular complexity index is 518. The number of pyridine rings is 1. The lowest BCUT2D eigenvalue weighted by molar-refractivity contribution is 0.533. The second-order valence-corrected chi connectivity index (χ2v) is 4.75. The molecule has 0 aromatic carbocycles. The zero-order valence-electron chi connectivity index (χ0n) is 10.6. The lowest BCUT2D eigenvalue weighted by Crippen LogP contribution is -2.16. The summed E-state index contributed by atoms with van der Waals surface area (Å²) in [6, 6.07) is 4.46. The Balaban J connectivity index is 2.06. The SMILES string of the molecule is CNC1CCCCc2c1cnn2-c1ccncc1. The van der Waals surface area contributed by atoms with Crippen LogP contribution in [0.2, 0.25) is 0 Å². The molecule has 3 rings (SSSR count). The van der Waals surface area contributed by atoms with Crippen molar-refractivity contribution < 1.29 is 0 Å². The van der Waals surface area contributed by atoms with Gasteiger partial charge in [0.25, 0.3) is 0 Å². The minimum atomic E-state index is 0.443. The van der Waals surface area contributed by atoms with E-state index in [-0.39, 0.29) is 0 Å². The first-order valence-electron chi connectivity index (χ1n) is 6.54. The third-order valence-electron chi connectivity index (χ3n) is 3.69. The molecule has 2 heterocycles. The van der Waals surface area contributed by atoms with E-state index < -0.39 is 0 Å². The van der Waals surface area contributed by atoms with Crippen LogP contribution in [0.4, 0.5) is 0 Å². The van der Waals surface area contributed by atoms with Gasteiger partial charge < -0.3 is 5.32 Å². The van der Waals surface area contributed by atoms with Gasteiger partial charge in [-0.25, -0.2) is 4.68 Å². The summed E-state index contributed by atoms with van der Waals surface area (Å²) in [4.78, 5) is 4.06. The maximum absolute atomic E-state index is 4.56. The molecule has 0 radical (unpaired) electrons. The normalized spacial score (nSPS) is 19.3. The van der Waals surface area contributed by atoms with Crippen LogP contribution in [0.25, 0.3) is 5.69 Å². The van der Waals surface area contributed by atoms with Gasteiger partial charge in [-0.1, -0.05) is 6.42 Å². The fourth-order valence-electron chi connectivity index (χ4n) is 2.73. The topological polar surface area (TPSA) is 42.7 Å². The average molecular weight is 242 g/mol. The van der Waals surface area contributed by atoms with Crippen LogP contribution < -0.4 is 5.32 Å². The molecule has 2 aromatic rings. The molecule has 1 unspecified atom stereocenters. The van der Waals surface area contributed by atoms with E-state index >= 15 is 0 Å². The highest BCUT2D eigenvalue weighted by Crippen LogP contribution is 2.29. The quantitative estimate of drug-likeness (QED) is 0.821. The van der Waals surface area contributed by atoms with E-state index in [4.69, 9.17) is 0 Å². The highest BCUT2D eigenvalue weighted by molar-refractivity contribution is 5.35. The van der Waals surface area contributed by atoms with Gasteiger partial charge in [0.1, 0.15) is 0 Å². The maximum atomic E-state index is 4.56. The van der Waals surface area contributed by atoms with Crippen LogP contribution in [0, 0.1) is 0 Å². The lowest BCUT2D eigenvalue weighted by atomic mass is 10.1. The highest BCUT2D eigenvalue weighted by atomic mass is 15.3. The van der Waals surface area contributed by atoms with Crippen molar-refractivity contribution in [2.75, 3.05) is 7.05 Å². The number of aromatic nitrogens is 3. The van der Waals surface area contributed by atoms with E-state index in [1.807, 2.05) is 37.8 Å². The zero-order chi connectivity index (χ0) is 12.4. The first-order chi connectivity index (χ1) is 8.90. The van der Waals surface area contributed by atoms with Crippen molar-refractivity contribution in [3.8, 4) is 5.69 Å². The van der Waals surface area contributed by atoms with Crippen LogP contribution in [0.5, 0.6) is 0 Å². The molecule has 0 spiro atoms. The van der Waals surface area contributed by atoms with Crippen molar-refractivity contribution >= 4 is 0 Å². The standard InChI is InChI=1S/C14H18N4/c1-15-13-4-2-3-5-14-12(13)10-17-18(14)11-6-8-16-9-7-11/h6-10,13,15H,2-5H2,1H3. The molecule has 1 aliphatic rings. The van der Waals surface area contributed by atoms with Gasteiger partial charge in [-0.2, -0.15) is 5.10 Å². The summed E-state index contributed by atoms with van der Waals surface area (Å²) in [5.41, 5.74) is 3.80. The Morgan fingerprint density at radius 1 is 1.28 bits per heavy atom. The third kappa shape index (κ3) is 1.93. The van der Waals surface area contributed by atoms with Crippen LogP contribution >= 0.6 is 0 Å². The summed E-state index contributed by atoms with van der Waals surface area (Å²) in [5.74, 6) is 0.